The molecule has 2 fully saturated rings. The Morgan fingerprint density at radius 1 is 1.00 bits per heavy atom. The van der Waals surface area contributed by atoms with Crippen molar-refractivity contribution in [3.63, 3.8) is 0 Å². The molecule has 156 valence electrons. The summed E-state index contributed by atoms with van der Waals surface area (Å²) < 4.78 is 51.4. The van der Waals surface area contributed by atoms with Crippen LogP contribution in [0.1, 0.15) is 32.1 Å². The largest absolute Gasteiger partial charge is 0.340 e. The number of hydrogen-bond donors (Lipinski definition) is 0. The van der Waals surface area contributed by atoms with Crippen LogP contribution in [0, 0.1) is 5.92 Å². The monoisotopic (exact) mass is 492 g/mol. The maximum Gasteiger partial charge on any atom is 0.244 e. The summed E-state index contributed by atoms with van der Waals surface area (Å²) in [6.45, 7) is 1.13. The summed E-state index contributed by atoms with van der Waals surface area (Å²) in [5, 5.41) is 0. The second kappa shape index (κ2) is 8.41. The molecule has 1 amide bonds. The van der Waals surface area contributed by atoms with Gasteiger partial charge in [-0.15, -0.1) is 0 Å². The van der Waals surface area contributed by atoms with Crippen molar-refractivity contribution in [3.8, 4) is 0 Å². The average molecular weight is 493 g/mol. The average Bonchev–Trinajstić information content (AvgIpc) is 2.67. The Balaban J connectivity index is 1.74. The zero-order valence-electron chi connectivity index (χ0n) is 15.8. The van der Waals surface area contributed by atoms with Gasteiger partial charge in [-0.3, -0.25) is 4.79 Å². The van der Waals surface area contributed by atoms with E-state index in [0.717, 1.165) is 31.9 Å². The van der Waals surface area contributed by atoms with Gasteiger partial charge in [0.25, 0.3) is 0 Å². The van der Waals surface area contributed by atoms with E-state index in [1.807, 2.05) is 0 Å². The normalized spacial score (nSPS) is 20.3. The van der Waals surface area contributed by atoms with E-state index in [9.17, 15) is 21.6 Å². The lowest BCUT2D eigenvalue weighted by Crippen LogP contribution is -2.52. The summed E-state index contributed by atoms with van der Waals surface area (Å²) in [7, 11) is -7.39. The van der Waals surface area contributed by atoms with Crippen LogP contribution in [0.4, 0.5) is 0 Å². The van der Waals surface area contributed by atoms with Crippen LogP contribution in [0.3, 0.4) is 0 Å². The number of benzene rings is 1. The van der Waals surface area contributed by atoms with Crippen LogP contribution in [0.25, 0.3) is 0 Å². The lowest BCUT2D eigenvalue weighted by molar-refractivity contribution is -0.137. The van der Waals surface area contributed by atoms with Crippen LogP contribution < -0.4 is 0 Å². The summed E-state index contributed by atoms with van der Waals surface area (Å²) in [5.74, 6) is 0.203. The summed E-state index contributed by atoms with van der Waals surface area (Å²) in [5.41, 5.74) is 0. The molecule has 0 spiro atoms. The first-order chi connectivity index (χ1) is 13.1. The smallest absolute Gasteiger partial charge is 0.244 e. The van der Waals surface area contributed by atoms with Crippen LogP contribution in [-0.2, 0) is 24.7 Å². The number of hydrogen-bond acceptors (Lipinski definition) is 5. The molecule has 1 aliphatic carbocycles. The number of sulfone groups is 1. The van der Waals surface area contributed by atoms with Gasteiger partial charge < -0.3 is 4.90 Å². The van der Waals surface area contributed by atoms with E-state index in [1.165, 1.54) is 28.9 Å². The molecule has 1 saturated heterocycles. The Bertz CT molecular complexity index is 948. The van der Waals surface area contributed by atoms with Gasteiger partial charge in [-0.05, 0) is 47.0 Å². The first-order valence-corrected chi connectivity index (χ1v) is 13.5. The number of sulfonamides is 1. The molecule has 1 heterocycles. The van der Waals surface area contributed by atoms with Crippen LogP contribution in [0.5, 0.6) is 0 Å². The Kier molecular flexibility index (Phi) is 6.53. The third-order valence-electron chi connectivity index (χ3n) is 5.45. The molecule has 1 saturated carbocycles. The molecule has 3 rings (SSSR count). The quantitative estimate of drug-likeness (QED) is 0.642. The fourth-order valence-corrected chi connectivity index (χ4v) is 6.90. The molecule has 0 radical (unpaired) electrons. The third kappa shape index (κ3) is 4.60. The van der Waals surface area contributed by atoms with Crippen molar-refractivity contribution in [1.82, 2.24) is 9.21 Å². The number of nitrogens with zero attached hydrogens (tertiary/aromatic N) is 2. The van der Waals surface area contributed by atoms with Crippen LogP contribution in [0.2, 0.25) is 0 Å². The summed E-state index contributed by atoms with van der Waals surface area (Å²) in [4.78, 5) is 14.3. The van der Waals surface area contributed by atoms with Gasteiger partial charge in [-0.2, -0.15) is 4.31 Å². The molecule has 0 bridgehead atoms. The lowest BCUT2D eigenvalue weighted by atomic mass is 9.88. The van der Waals surface area contributed by atoms with Gasteiger partial charge in [0.1, 0.15) is 0 Å². The fraction of sp³-hybridized carbons (Fsp3) is 0.611. The Morgan fingerprint density at radius 3 is 2.18 bits per heavy atom. The van der Waals surface area contributed by atoms with E-state index in [1.54, 1.807) is 4.90 Å². The summed E-state index contributed by atoms with van der Waals surface area (Å²) in [6.07, 6.45) is 6.22. The predicted molar refractivity (Wildman–Crippen MR) is 109 cm³/mol. The zero-order valence-corrected chi connectivity index (χ0v) is 19.0. The first-order valence-electron chi connectivity index (χ1n) is 9.39. The maximum atomic E-state index is 13.1. The van der Waals surface area contributed by atoms with Gasteiger partial charge in [0.2, 0.25) is 15.9 Å². The second-order valence-electron chi connectivity index (χ2n) is 7.43. The highest BCUT2D eigenvalue weighted by atomic mass is 79.9. The second-order valence-corrected chi connectivity index (χ2v) is 12.2. The summed E-state index contributed by atoms with van der Waals surface area (Å²) in [6, 6.07) is 4.00. The topological polar surface area (TPSA) is 91.8 Å². The Hall–Kier alpha value is -0.970. The number of carbonyl (C=O) groups excluding carboxylic acids is 1. The fourth-order valence-electron chi connectivity index (χ4n) is 3.81. The van der Waals surface area contributed by atoms with Crippen molar-refractivity contribution < 1.29 is 21.6 Å². The van der Waals surface area contributed by atoms with Gasteiger partial charge in [-0.25, -0.2) is 16.8 Å². The summed E-state index contributed by atoms with van der Waals surface area (Å²) >= 11 is 3.22. The minimum atomic E-state index is -3.87. The SMILES string of the molecule is CS(=O)(=O)c1ccc(Br)c(S(=O)(=O)N2CCN(C(=O)C3CCCCC3)CC2)c1. The van der Waals surface area contributed by atoms with Crippen molar-refractivity contribution in [2.45, 2.75) is 41.9 Å². The maximum absolute atomic E-state index is 13.1. The molecule has 0 N–H and O–H groups in total. The van der Waals surface area contributed by atoms with Gasteiger partial charge in [0.05, 0.1) is 9.79 Å². The number of amides is 1. The highest BCUT2D eigenvalue weighted by Crippen LogP contribution is 2.30. The lowest BCUT2D eigenvalue weighted by Gasteiger charge is -2.36. The van der Waals surface area contributed by atoms with Crippen molar-refractivity contribution in [2.75, 3.05) is 32.4 Å². The predicted octanol–water partition coefficient (Wildman–Crippen LogP) is 2.27. The highest BCUT2D eigenvalue weighted by molar-refractivity contribution is 9.10. The van der Waals surface area contributed by atoms with Crippen LogP contribution in [-0.4, -0.2) is 64.4 Å². The van der Waals surface area contributed by atoms with E-state index < -0.39 is 19.9 Å². The number of carbonyl (C=O) groups is 1. The Morgan fingerprint density at radius 2 is 1.61 bits per heavy atom. The van der Waals surface area contributed by atoms with Crippen molar-refractivity contribution in [2.24, 2.45) is 5.92 Å². The zero-order chi connectivity index (χ0) is 20.5. The van der Waals surface area contributed by atoms with E-state index in [0.29, 0.717) is 17.6 Å². The molecule has 1 aliphatic heterocycles. The minimum absolute atomic E-state index is 0.0413. The molecule has 7 nitrogen and oxygen atoms in total. The van der Waals surface area contributed by atoms with Crippen LogP contribution >= 0.6 is 15.9 Å². The van der Waals surface area contributed by atoms with E-state index in [2.05, 4.69) is 15.9 Å². The molecule has 0 aromatic heterocycles. The number of rotatable bonds is 4. The first kappa shape index (κ1) is 21.7. The van der Waals surface area contributed by atoms with E-state index >= 15 is 0 Å². The van der Waals surface area contributed by atoms with Crippen molar-refractivity contribution >= 4 is 41.7 Å². The number of halogens is 1. The van der Waals surface area contributed by atoms with Gasteiger partial charge in [-0.1, -0.05) is 19.3 Å². The third-order valence-corrected chi connectivity index (χ3v) is 9.46. The highest BCUT2D eigenvalue weighted by Gasteiger charge is 2.34. The standard InChI is InChI=1S/C18H25BrN2O5S2/c1-27(23,24)15-7-8-16(19)17(13-15)28(25,26)21-11-9-20(10-12-21)18(22)14-5-3-2-4-6-14/h7-8,13-14H,2-6,9-12H2,1H3. The molecule has 1 aromatic carbocycles. The molecule has 28 heavy (non-hydrogen) atoms. The van der Waals surface area contributed by atoms with Gasteiger partial charge in [0.15, 0.2) is 9.84 Å². The van der Waals surface area contributed by atoms with E-state index in [-0.39, 0.29) is 34.7 Å². The molecule has 0 atom stereocenters. The van der Waals surface area contributed by atoms with E-state index in [4.69, 9.17) is 0 Å². The van der Waals surface area contributed by atoms with Gasteiger partial charge in [0, 0.05) is 42.8 Å². The Labute approximate surface area is 175 Å². The van der Waals surface area contributed by atoms with Gasteiger partial charge >= 0.3 is 0 Å². The molecule has 1 aromatic rings. The van der Waals surface area contributed by atoms with Crippen LogP contribution in [0.15, 0.2) is 32.5 Å². The molecule has 0 unspecified atom stereocenters. The molecular weight excluding hydrogens is 468 g/mol. The molecular formula is C18H25BrN2O5S2. The molecule has 10 heteroatoms. The molecule has 2 aliphatic rings. The van der Waals surface area contributed by atoms with Crippen molar-refractivity contribution in [3.05, 3.63) is 22.7 Å². The number of piperazine rings is 1. The minimum Gasteiger partial charge on any atom is -0.340 e. The van der Waals surface area contributed by atoms with Crippen molar-refractivity contribution in [1.29, 1.82) is 0 Å².